The number of nitrogens with zero attached hydrogens (tertiary/aromatic N) is 1. The molecule has 8 heavy (non-hydrogen) atoms. The third kappa shape index (κ3) is 0.808. The molecule has 1 unspecified atom stereocenters. The topological polar surface area (TPSA) is 3.01 Å². The maximum absolute atomic E-state index is 2.25. The summed E-state index contributed by atoms with van der Waals surface area (Å²) < 4.78 is 2.16. The molecule has 0 spiro atoms. The van der Waals surface area contributed by atoms with Crippen molar-refractivity contribution in [1.82, 2.24) is 0 Å². The molecule has 0 fully saturated rings. The second kappa shape index (κ2) is 1.73. The number of hydrogen-bond acceptors (Lipinski definition) is 0. The molecular formula is C7H12N+. The Morgan fingerprint density at radius 1 is 1.62 bits per heavy atom. The van der Waals surface area contributed by atoms with Crippen molar-refractivity contribution < 1.29 is 4.58 Å². The van der Waals surface area contributed by atoms with Gasteiger partial charge in [0, 0.05) is 6.92 Å². The maximum Gasteiger partial charge on any atom is 0.174 e. The van der Waals surface area contributed by atoms with Crippen molar-refractivity contribution in [1.29, 1.82) is 0 Å². The first-order valence-electron chi connectivity index (χ1n) is 2.96. The fraction of sp³-hybridized carbons (Fsp3) is 0.571. The molecule has 44 valence electrons. The Hall–Kier alpha value is -0.590. The van der Waals surface area contributed by atoms with Crippen molar-refractivity contribution in [3.63, 3.8) is 0 Å². The van der Waals surface area contributed by atoms with Crippen LogP contribution >= 0.6 is 0 Å². The molecule has 1 aliphatic rings. The highest BCUT2D eigenvalue weighted by atomic mass is 15.0. The summed E-state index contributed by atoms with van der Waals surface area (Å²) in [4.78, 5) is 0. The minimum absolute atomic E-state index is 0.639. The van der Waals surface area contributed by atoms with Crippen LogP contribution in [0.4, 0.5) is 0 Å². The van der Waals surface area contributed by atoms with Crippen LogP contribution in [-0.2, 0) is 0 Å². The van der Waals surface area contributed by atoms with E-state index in [-0.39, 0.29) is 0 Å². The molecule has 1 aliphatic heterocycles. The smallest absolute Gasteiger partial charge is 0.174 e. The summed E-state index contributed by atoms with van der Waals surface area (Å²) in [7, 11) is 2.08. The Kier molecular flexibility index (Phi) is 1.20. The number of rotatable bonds is 0. The van der Waals surface area contributed by atoms with Crippen molar-refractivity contribution in [2.45, 2.75) is 13.8 Å². The Balaban J connectivity index is 2.82. The molecule has 1 atom stereocenters. The van der Waals surface area contributed by atoms with Gasteiger partial charge in [-0.15, -0.1) is 0 Å². The summed E-state index contributed by atoms with van der Waals surface area (Å²) in [5.41, 5.74) is 1.36. The first-order valence-corrected chi connectivity index (χ1v) is 2.96. The van der Waals surface area contributed by atoms with Gasteiger partial charge in [0.25, 0.3) is 0 Å². The molecule has 0 aromatic carbocycles. The molecule has 1 rings (SSSR count). The van der Waals surface area contributed by atoms with E-state index in [1.165, 1.54) is 5.70 Å². The summed E-state index contributed by atoms with van der Waals surface area (Å²) in [6.07, 6.45) is 4.45. The Bertz CT molecular complexity index is 136. The van der Waals surface area contributed by atoms with Crippen LogP contribution in [0.15, 0.2) is 11.8 Å². The van der Waals surface area contributed by atoms with Gasteiger partial charge < -0.3 is 0 Å². The van der Waals surface area contributed by atoms with Gasteiger partial charge in [0.2, 0.25) is 0 Å². The molecule has 0 N–H and O–H groups in total. The average molecular weight is 110 g/mol. The molecule has 0 amide bonds. The first-order chi connectivity index (χ1) is 3.70. The van der Waals surface area contributed by atoms with E-state index in [0.717, 1.165) is 0 Å². The summed E-state index contributed by atoms with van der Waals surface area (Å²) in [6.45, 7) is 4.31. The predicted octanol–water partition coefficient (Wildman–Crippen LogP) is 1.25. The van der Waals surface area contributed by atoms with E-state index in [1.807, 2.05) is 0 Å². The summed E-state index contributed by atoms with van der Waals surface area (Å²) in [5, 5.41) is 0. The number of hydrogen-bond donors (Lipinski definition) is 0. The van der Waals surface area contributed by atoms with E-state index < -0.39 is 0 Å². The lowest BCUT2D eigenvalue weighted by Crippen LogP contribution is -1.98. The highest BCUT2D eigenvalue weighted by Gasteiger charge is 2.12. The van der Waals surface area contributed by atoms with Gasteiger partial charge in [-0.25, -0.2) is 4.58 Å². The number of allylic oxidation sites excluding steroid dienone is 2. The SMILES string of the molecule is CC1=CC(C)C=[N+]1C. The van der Waals surface area contributed by atoms with Crippen LogP contribution in [0.1, 0.15) is 13.8 Å². The molecule has 1 heteroatoms. The van der Waals surface area contributed by atoms with Gasteiger partial charge in [-0.2, -0.15) is 0 Å². The largest absolute Gasteiger partial charge is 0.209 e. The van der Waals surface area contributed by atoms with E-state index in [4.69, 9.17) is 0 Å². The molecule has 0 bridgehead atoms. The van der Waals surface area contributed by atoms with Gasteiger partial charge in [0.05, 0.1) is 5.92 Å². The van der Waals surface area contributed by atoms with Gasteiger partial charge in [0.1, 0.15) is 7.05 Å². The molecule has 0 aromatic heterocycles. The molecule has 0 radical (unpaired) electrons. The van der Waals surface area contributed by atoms with Crippen molar-refractivity contribution in [2.75, 3.05) is 7.05 Å². The zero-order valence-corrected chi connectivity index (χ0v) is 5.68. The molecule has 0 aromatic rings. The van der Waals surface area contributed by atoms with Gasteiger partial charge in [-0.05, 0) is 13.0 Å². The lowest BCUT2D eigenvalue weighted by molar-refractivity contribution is -0.435. The fourth-order valence-electron chi connectivity index (χ4n) is 1.01. The van der Waals surface area contributed by atoms with Crippen LogP contribution in [0.2, 0.25) is 0 Å². The normalized spacial score (nSPS) is 27.6. The van der Waals surface area contributed by atoms with Crippen LogP contribution in [0, 0.1) is 5.92 Å². The van der Waals surface area contributed by atoms with Crippen molar-refractivity contribution in [2.24, 2.45) is 5.92 Å². The van der Waals surface area contributed by atoms with E-state index in [9.17, 15) is 0 Å². The van der Waals surface area contributed by atoms with Crippen LogP contribution in [0.3, 0.4) is 0 Å². The van der Waals surface area contributed by atoms with Gasteiger partial charge in [-0.1, -0.05) is 0 Å². The summed E-state index contributed by atoms with van der Waals surface area (Å²) >= 11 is 0. The second-order valence-corrected chi connectivity index (χ2v) is 2.43. The Morgan fingerprint density at radius 3 is 2.38 bits per heavy atom. The van der Waals surface area contributed by atoms with Gasteiger partial charge >= 0.3 is 0 Å². The molecule has 0 aliphatic carbocycles. The minimum atomic E-state index is 0.639. The van der Waals surface area contributed by atoms with E-state index in [2.05, 4.69) is 37.8 Å². The van der Waals surface area contributed by atoms with Crippen LogP contribution in [0.25, 0.3) is 0 Å². The third-order valence-electron chi connectivity index (χ3n) is 1.52. The lowest BCUT2D eigenvalue weighted by Gasteiger charge is -1.82. The lowest BCUT2D eigenvalue weighted by atomic mass is 10.2. The maximum atomic E-state index is 2.25. The van der Waals surface area contributed by atoms with Crippen molar-refractivity contribution >= 4 is 6.21 Å². The van der Waals surface area contributed by atoms with E-state index in [0.29, 0.717) is 5.92 Å². The van der Waals surface area contributed by atoms with Crippen molar-refractivity contribution in [3.8, 4) is 0 Å². The van der Waals surface area contributed by atoms with E-state index in [1.54, 1.807) is 0 Å². The third-order valence-corrected chi connectivity index (χ3v) is 1.52. The van der Waals surface area contributed by atoms with E-state index >= 15 is 0 Å². The molecular weight excluding hydrogens is 98.1 g/mol. The summed E-state index contributed by atoms with van der Waals surface area (Å²) in [5.74, 6) is 0.639. The Labute approximate surface area is 50.3 Å². The average Bonchev–Trinajstić information content (AvgIpc) is 1.85. The van der Waals surface area contributed by atoms with Crippen LogP contribution < -0.4 is 0 Å². The van der Waals surface area contributed by atoms with Crippen LogP contribution in [0.5, 0.6) is 0 Å². The first kappa shape index (κ1) is 5.54. The second-order valence-electron chi connectivity index (χ2n) is 2.43. The predicted molar refractivity (Wildman–Crippen MR) is 35.2 cm³/mol. The fourth-order valence-corrected chi connectivity index (χ4v) is 1.01. The molecule has 1 heterocycles. The zero-order valence-electron chi connectivity index (χ0n) is 5.68. The minimum Gasteiger partial charge on any atom is -0.209 e. The quantitative estimate of drug-likeness (QED) is 0.413. The van der Waals surface area contributed by atoms with Gasteiger partial charge in [0.15, 0.2) is 11.9 Å². The molecule has 0 saturated heterocycles. The summed E-state index contributed by atoms with van der Waals surface area (Å²) in [6, 6.07) is 0. The van der Waals surface area contributed by atoms with Gasteiger partial charge in [-0.3, -0.25) is 0 Å². The van der Waals surface area contributed by atoms with Crippen molar-refractivity contribution in [3.05, 3.63) is 11.8 Å². The molecule has 1 nitrogen and oxygen atoms in total. The highest BCUT2D eigenvalue weighted by Crippen LogP contribution is 2.07. The standard InChI is InChI=1S/C7H12N/c1-6-4-7(2)8(3)5-6/h4-6H,1-3H3/q+1. The monoisotopic (exact) mass is 110 g/mol. The highest BCUT2D eigenvalue weighted by molar-refractivity contribution is 5.60. The van der Waals surface area contributed by atoms with Crippen LogP contribution in [-0.4, -0.2) is 17.8 Å². The Morgan fingerprint density at radius 2 is 2.25 bits per heavy atom. The zero-order chi connectivity index (χ0) is 6.15. The molecule has 0 saturated carbocycles.